The standard InChI is InChI=1S/C22H23N5O4/c1-24(16-17-2-4-18(5-3-17)25-12-14-31-15-13-25)22(28)21-10-11-26(23-21)19-6-8-20(9-7-19)27(29)30/h2-11H,12-16H2,1H3. The summed E-state index contributed by atoms with van der Waals surface area (Å²) in [6, 6.07) is 15.9. The lowest BCUT2D eigenvalue weighted by molar-refractivity contribution is -0.384. The topological polar surface area (TPSA) is 93.7 Å². The van der Waals surface area contributed by atoms with Crippen LogP contribution in [0.25, 0.3) is 5.69 Å². The van der Waals surface area contributed by atoms with E-state index in [1.165, 1.54) is 16.8 Å². The number of morpholine rings is 1. The van der Waals surface area contributed by atoms with Crippen molar-refractivity contribution >= 4 is 17.3 Å². The monoisotopic (exact) mass is 421 g/mol. The number of hydrogen-bond acceptors (Lipinski definition) is 6. The van der Waals surface area contributed by atoms with E-state index in [9.17, 15) is 14.9 Å². The van der Waals surface area contributed by atoms with Gasteiger partial charge in [0.15, 0.2) is 5.69 Å². The number of nitro groups is 1. The summed E-state index contributed by atoms with van der Waals surface area (Å²) in [5.41, 5.74) is 3.15. The summed E-state index contributed by atoms with van der Waals surface area (Å²) < 4.78 is 6.92. The molecule has 0 radical (unpaired) electrons. The van der Waals surface area contributed by atoms with Crippen molar-refractivity contribution in [1.82, 2.24) is 14.7 Å². The van der Waals surface area contributed by atoms with Crippen LogP contribution in [0.5, 0.6) is 0 Å². The van der Waals surface area contributed by atoms with Crippen LogP contribution in [0.2, 0.25) is 0 Å². The minimum atomic E-state index is -0.454. The van der Waals surface area contributed by atoms with Gasteiger partial charge in [-0.2, -0.15) is 5.10 Å². The van der Waals surface area contributed by atoms with Gasteiger partial charge in [-0.15, -0.1) is 0 Å². The third-order valence-corrected chi connectivity index (χ3v) is 5.21. The van der Waals surface area contributed by atoms with Gasteiger partial charge >= 0.3 is 0 Å². The number of hydrogen-bond donors (Lipinski definition) is 0. The fourth-order valence-corrected chi connectivity index (χ4v) is 3.48. The van der Waals surface area contributed by atoms with Gasteiger partial charge in [0.2, 0.25) is 0 Å². The summed E-state index contributed by atoms with van der Waals surface area (Å²) in [7, 11) is 1.74. The van der Waals surface area contributed by atoms with E-state index in [0.717, 1.165) is 37.6 Å². The molecule has 0 unspecified atom stereocenters. The number of ether oxygens (including phenoxy) is 1. The molecule has 9 nitrogen and oxygen atoms in total. The van der Waals surface area contributed by atoms with Crippen LogP contribution in [0.3, 0.4) is 0 Å². The average molecular weight is 421 g/mol. The summed E-state index contributed by atoms with van der Waals surface area (Å²) in [6.07, 6.45) is 1.67. The Morgan fingerprint density at radius 2 is 1.71 bits per heavy atom. The Hall–Kier alpha value is -3.72. The second-order valence-electron chi connectivity index (χ2n) is 7.35. The Balaban J connectivity index is 1.39. The van der Waals surface area contributed by atoms with E-state index in [1.807, 2.05) is 12.1 Å². The SMILES string of the molecule is CN(Cc1ccc(N2CCOCC2)cc1)C(=O)c1ccn(-c2ccc([N+](=O)[O-])cc2)n1. The maximum atomic E-state index is 12.8. The molecule has 160 valence electrons. The number of aromatic nitrogens is 2. The first-order chi connectivity index (χ1) is 15.0. The highest BCUT2D eigenvalue weighted by molar-refractivity contribution is 5.92. The molecule has 1 fully saturated rings. The Morgan fingerprint density at radius 1 is 1.06 bits per heavy atom. The lowest BCUT2D eigenvalue weighted by Gasteiger charge is -2.29. The Morgan fingerprint density at radius 3 is 2.35 bits per heavy atom. The highest BCUT2D eigenvalue weighted by Crippen LogP contribution is 2.18. The van der Waals surface area contributed by atoms with E-state index in [4.69, 9.17) is 4.74 Å². The molecule has 2 aromatic carbocycles. The van der Waals surface area contributed by atoms with Crippen molar-refractivity contribution in [3.05, 3.63) is 82.2 Å². The van der Waals surface area contributed by atoms with Crippen molar-refractivity contribution in [2.45, 2.75) is 6.54 Å². The highest BCUT2D eigenvalue weighted by atomic mass is 16.6. The Labute approximate surface area is 179 Å². The van der Waals surface area contributed by atoms with Crippen molar-refractivity contribution in [2.75, 3.05) is 38.3 Å². The second kappa shape index (κ2) is 8.97. The van der Waals surface area contributed by atoms with Crippen LogP contribution < -0.4 is 4.90 Å². The number of carbonyl (C=O) groups is 1. The van der Waals surface area contributed by atoms with Gasteiger partial charge in [-0.3, -0.25) is 14.9 Å². The number of non-ortho nitro benzene ring substituents is 1. The number of nitro benzene ring substituents is 1. The van der Waals surface area contributed by atoms with Gasteiger partial charge in [0.05, 0.1) is 23.8 Å². The van der Waals surface area contributed by atoms with Crippen molar-refractivity contribution in [3.63, 3.8) is 0 Å². The van der Waals surface area contributed by atoms with Gasteiger partial charge in [-0.1, -0.05) is 12.1 Å². The van der Waals surface area contributed by atoms with Crippen LogP contribution in [-0.2, 0) is 11.3 Å². The molecule has 0 N–H and O–H groups in total. The van der Waals surface area contributed by atoms with Gasteiger partial charge < -0.3 is 14.5 Å². The van der Waals surface area contributed by atoms with Crippen LogP contribution in [0, 0.1) is 10.1 Å². The minimum Gasteiger partial charge on any atom is -0.378 e. The molecule has 0 saturated carbocycles. The summed E-state index contributed by atoms with van der Waals surface area (Å²) in [6.45, 7) is 3.72. The third kappa shape index (κ3) is 4.72. The minimum absolute atomic E-state index is 0.00609. The number of rotatable bonds is 6. The molecule has 0 spiro atoms. The number of benzene rings is 2. The molecule has 4 rings (SSSR count). The molecule has 0 aliphatic carbocycles. The largest absolute Gasteiger partial charge is 0.378 e. The first-order valence-electron chi connectivity index (χ1n) is 9.99. The van der Waals surface area contributed by atoms with E-state index in [0.29, 0.717) is 17.9 Å². The van der Waals surface area contributed by atoms with E-state index >= 15 is 0 Å². The second-order valence-corrected chi connectivity index (χ2v) is 7.35. The van der Waals surface area contributed by atoms with Crippen molar-refractivity contribution in [3.8, 4) is 5.69 Å². The molecule has 1 aromatic heterocycles. The normalized spacial score (nSPS) is 13.8. The van der Waals surface area contributed by atoms with Crippen LogP contribution >= 0.6 is 0 Å². The van der Waals surface area contributed by atoms with Crippen molar-refractivity contribution < 1.29 is 14.5 Å². The summed E-state index contributed by atoms with van der Waals surface area (Å²) >= 11 is 0. The molecular formula is C22H23N5O4. The van der Waals surface area contributed by atoms with E-state index in [1.54, 1.807) is 36.3 Å². The van der Waals surface area contributed by atoms with Gasteiger partial charge in [-0.05, 0) is 35.9 Å². The molecule has 31 heavy (non-hydrogen) atoms. The summed E-state index contributed by atoms with van der Waals surface area (Å²) in [5.74, 6) is -0.196. The predicted octanol–water partition coefficient (Wildman–Crippen LogP) is 2.89. The van der Waals surface area contributed by atoms with Crippen molar-refractivity contribution in [1.29, 1.82) is 0 Å². The third-order valence-electron chi connectivity index (χ3n) is 5.21. The molecule has 9 heteroatoms. The van der Waals surface area contributed by atoms with Gasteiger partial charge in [0, 0.05) is 50.7 Å². The number of nitrogens with zero attached hydrogens (tertiary/aromatic N) is 5. The van der Waals surface area contributed by atoms with Gasteiger partial charge in [0.25, 0.3) is 11.6 Å². The quantitative estimate of drug-likeness (QED) is 0.449. The molecule has 0 bridgehead atoms. The van der Waals surface area contributed by atoms with Gasteiger partial charge in [-0.25, -0.2) is 4.68 Å². The highest BCUT2D eigenvalue weighted by Gasteiger charge is 2.17. The first-order valence-corrected chi connectivity index (χ1v) is 9.99. The lowest BCUT2D eigenvalue weighted by Crippen LogP contribution is -2.36. The summed E-state index contributed by atoms with van der Waals surface area (Å²) in [4.78, 5) is 27.0. The van der Waals surface area contributed by atoms with E-state index < -0.39 is 4.92 Å². The van der Waals surface area contributed by atoms with Crippen LogP contribution in [0.1, 0.15) is 16.1 Å². The maximum Gasteiger partial charge on any atom is 0.274 e. The molecule has 1 saturated heterocycles. The maximum absolute atomic E-state index is 12.8. The molecule has 0 atom stereocenters. The molecular weight excluding hydrogens is 398 g/mol. The zero-order valence-corrected chi connectivity index (χ0v) is 17.2. The molecule has 3 aromatic rings. The zero-order valence-electron chi connectivity index (χ0n) is 17.2. The van der Waals surface area contributed by atoms with Crippen LogP contribution in [0.4, 0.5) is 11.4 Å². The molecule has 1 amide bonds. The lowest BCUT2D eigenvalue weighted by atomic mass is 10.1. The Bertz CT molecular complexity index is 1060. The first kappa shape index (κ1) is 20.5. The number of amides is 1. The fraction of sp³-hybridized carbons (Fsp3) is 0.273. The molecule has 2 heterocycles. The number of carbonyl (C=O) groups excluding carboxylic acids is 1. The summed E-state index contributed by atoms with van der Waals surface area (Å²) in [5, 5.41) is 15.1. The van der Waals surface area contributed by atoms with Crippen LogP contribution in [0.15, 0.2) is 60.8 Å². The smallest absolute Gasteiger partial charge is 0.274 e. The van der Waals surface area contributed by atoms with E-state index in [-0.39, 0.29) is 11.6 Å². The predicted molar refractivity (Wildman–Crippen MR) is 115 cm³/mol. The van der Waals surface area contributed by atoms with Crippen molar-refractivity contribution in [2.24, 2.45) is 0 Å². The van der Waals surface area contributed by atoms with E-state index in [2.05, 4.69) is 22.1 Å². The fourth-order valence-electron chi connectivity index (χ4n) is 3.48. The number of anilines is 1. The van der Waals surface area contributed by atoms with Gasteiger partial charge in [0.1, 0.15) is 0 Å². The molecule has 1 aliphatic heterocycles. The Kier molecular flexibility index (Phi) is 5.94. The average Bonchev–Trinajstić information content (AvgIpc) is 3.30. The zero-order chi connectivity index (χ0) is 21.8. The van der Waals surface area contributed by atoms with Crippen LogP contribution in [-0.4, -0.2) is 58.9 Å². The molecule has 1 aliphatic rings.